The Morgan fingerprint density at radius 1 is 1.09 bits per heavy atom. The molecule has 0 heterocycles. The molecular formula is C7H16F3P. The van der Waals surface area contributed by atoms with Gasteiger partial charge in [0.05, 0.1) is 0 Å². The average molecular weight is 188 g/mol. The maximum Gasteiger partial charge on any atom is 0.379 e. The largest absolute Gasteiger partial charge is 0.379 e. The van der Waals surface area contributed by atoms with Gasteiger partial charge in [-0.2, -0.15) is 13.2 Å². The van der Waals surface area contributed by atoms with Crippen LogP contribution in [0.1, 0.15) is 32.6 Å². The summed E-state index contributed by atoms with van der Waals surface area (Å²) < 4.78 is 29.0. The quantitative estimate of drug-likeness (QED) is 0.467. The molecule has 1 atom stereocenters. The number of unbranched alkanes of at least 4 members (excludes halogenated alkanes) is 3. The molecule has 0 fully saturated rings. The maximum atomic E-state index is 9.67. The van der Waals surface area contributed by atoms with Gasteiger partial charge in [0.2, 0.25) is 0 Å². The van der Waals surface area contributed by atoms with Gasteiger partial charge in [0, 0.05) is 0 Å². The van der Waals surface area contributed by atoms with Crippen molar-refractivity contribution in [3.05, 3.63) is 0 Å². The molecule has 0 saturated heterocycles. The van der Waals surface area contributed by atoms with Gasteiger partial charge in [-0.05, 0) is 12.6 Å². The molecule has 0 rings (SSSR count). The number of rotatable bonds is 4. The summed E-state index contributed by atoms with van der Waals surface area (Å²) in [5.41, 5.74) is 0. The second-order valence-electron chi connectivity index (χ2n) is 2.10. The number of hydrogen-bond acceptors (Lipinski definition) is 0. The summed E-state index contributed by atoms with van der Waals surface area (Å²) >= 11 is 0. The van der Waals surface area contributed by atoms with Crippen LogP contribution in [-0.2, 0) is 0 Å². The van der Waals surface area contributed by atoms with E-state index in [1.807, 2.05) is 0 Å². The Labute approximate surface area is 68.8 Å². The minimum Gasteiger partial charge on any atom is -0.174 e. The third kappa shape index (κ3) is 38.8. The van der Waals surface area contributed by atoms with Gasteiger partial charge in [0.25, 0.3) is 0 Å². The highest BCUT2D eigenvalue weighted by Crippen LogP contribution is 2.00. The molecule has 0 aliphatic rings. The summed E-state index contributed by atoms with van der Waals surface area (Å²) in [5.74, 6) is 0. The summed E-state index contributed by atoms with van der Waals surface area (Å²) in [4.78, 5) is 0. The van der Waals surface area contributed by atoms with Gasteiger partial charge in [-0.1, -0.05) is 26.2 Å². The average Bonchev–Trinajstić information content (AvgIpc) is 1.88. The minimum absolute atomic E-state index is 1.28. The minimum atomic E-state index is -3.67. The van der Waals surface area contributed by atoms with Crippen molar-refractivity contribution in [1.29, 1.82) is 0 Å². The summed E-state index contributed by atoms with van der Waals surface area (Å²) in [5, 5.41) is 0. The third-order valence-corrected chi connectivity index (χ3v) is 1.47. The first kappa shape index (κ1) is 13.8. The molecule has 0 aliphatic carbocycles. The van der Waals surface area contributed by atoms with E-state index in [1.54, 1.807) is 0 Å². The van der Waals surface area contributed by atoms with Crippen molar-refractivity contribution in [1.82, 2.24) is 0 Å². The molecule has 0 bridgehead atoms. The molecule has 0 aromatic carbocycles. The highest BCUT2D eigenvalue weighted by Gasteiger charge is 1.86. The van der Waals surface area contributed by atoms with Gasteiger partial charge in [0.15, 0.2) is 0 Å². The van der Waals surface area contributed by atoms with Crippen molar-refractivity contribution in [3.63, 3.8) is 0 Å². The highest BCUT2D eigenvalue weighted by atomic mass is 31.0. The van der Waals surface area contributed by atoms with E-state index in [9.17, 15) is 13.2 Å². The van der Waals surface area contributed by atoms with E-state index in [4.69, 9.17) is 0 Å². The Morgan fingerprint density at radius 2 is 1.55 bits per heavy atom. The number of alkyl halides is 3. The molecule has 0 saturated carbocycles. The van der Waals surface area contributed by atoms with Crippen LogP contribution in [0, 0.1) is 0 Å². The van der Waals surface area contributed by atoms with E-state index in [1.165, 1.54) is 31.8 Å². The Morgan fingerprint density at radius 3 is 1.82 bits per heavy atom. The van der Waals surface area contributed by atoms with Crippen LogP contribution < -0.4 is 0 Å². The van der Waals surface area contributed by atoms with Crippen LogP contribution in [0.4, 0.5) is 13.2 Å². The van der Waals surface area contributed by atoms with Crippen molar-refractivity contribution in [2.45, 2.75) is 39.3 Å². The van der Waals surface area contributed by atoms with E-state index < -0.39 is 6.68 Å². The monoisotopic (exact) mass is 188 g/mol. The van der Waals surface area contributed by atoms with Gasteiger partial charge < -0.3 is 0 Å². The van der Waals surface area contributed by atoms with Crippen molar-refractivity contribution in [3.8, 4) is 0 Å². The molecule has 0 aliphatic heterocycles. The lowest BCUT2D eigenvalue weighted by Crippen LogP contribution is -1.73. The Hall–Kier alpha value is 0.220. The van der Waals surface area contributed by atoms with Crippen molar-refractivity contribution in [2.24, 2.45) is 0 Å². The lowest BCUT2D eigenvalue weighted by atomic mass is 10.2. The molecule has 0 nitrogen and oxygen atoms in total. The zero-order valence-electron chi connectivity index (χ0n) is 6.82. The zero-order valence-corrected chi connectivity index (χ0v) is 7.98. The SMILES string of the molecule is CCCCCCP.FC(F)F. The molecule has 11 heavy (non-hydrogen) atoms. The topological polar surface area (TPSA) is 0 Å². The fourth-order valence-corrected chi connectivity index (χ4v) is 0.860. The molecule has 0 spiro atoms. The smallest absolute Gasteiger partial charge is 0.174 e. The molecule has 0 aromatic heterocycles. The molecule has 0 N–H and O–H groups in total. The lowest BCUT2D eigenvalue weighted by Gasteiger charge is -1.90. The zero-order chi connectivity index (χ0) is 9.11. The number of hydrogen-bond donors (Lipinski definition) is 0. The highest BCUT2D eigenvalue weighted by molar-refractivity contribution is 7.16. The van der Waals surface area contributed by atoms with Crippen molar-refractivity contribution < 1.29 is 13.2 Å². The molecule has 0 amide bonds. The Bertz CT molecular complexity index is 52.9. The molecule has 70 valence electrons. The van der Waals surface area contributed by atoms with Gasteiger partial charge in [0.1, 0.15) is 0 Å². The van der Waals surface area contributed by atoms with Crippen LogP contribution in [-0.4, -0.2) is 12.8 Å². The molecule has 1 unspecified atom stereocenters. The van der Waals surface area contributed by atoms with Crippen LogP contribution >= 0.6 is 9.24 Å². The fourth-order valence-electron chi connectivity index (χ4n) is 0.571. The van der Waals surface area contributed by atoms with Crippen LogP contribution in [0.5, 0.6) is 0 Å². The Kier molecular flexibility index (Phi) is 16.1. The second kappa shape index (κ2) is 12.9. The van der Waals surface area contributed by atoms with Gasteiger partial charge in [-0.3, -0.25) is 0 Å². The van der Waals surface area contributed by atoms with E-state index in [2.05, 4.69) is 16.2 Å². The normalized spacial score (nSPS) is 9.27. The predicted molar refractivity (Wildman–Crippen MR) is 45.8 cm³/mol. The van der Waals surface area contributed by atoms with E-state index in [0.29, 0.717) is 0 Å². The van der Waals surface area contributed by atoms with Crippen LogP contribution in [0.3, 0.4) is 0 Å². The first-order valence-electron chi connectivity index (χ1n) is 3.77. The van der Waals surface area contributed by atoms with Crippen LogP contribution in [0.15, 0.2) is 0 Å². The van der Waals surface area contributed by atoms with Crippen molar-refractivity contribution in [2.75, 3.05) is 6.16 Å². The van der Waals surface area contributed by atoms with Gasteiger partial charge in [-0.15, -0.1) is 9.24 Å². The van der Waals surface area contributed by atoms with E-state index in [0.717, 1.165) is 0 Å². The standard InChI is InChI=1S/C6H15P.CHF3/c1-2-3-4-5-6-7;2-1(3)4/h2-7H2,1H3;1H. The van der Waals surface area contributed by atoms with Crippen LogP contribution in [0.25, 0.3) is 0 Å². The lowest BCUT2D eigenvalue weighted by molar-refractivity contribution is 0.00819. The summed E-state index contributed by atoms with van der Waals surface area (Å²) in [6.07, 6.45) is 6.84. The summed E-state index contributed by atoms with van der Waals surface area (Å²) in [6, 6.07) is 0. The van der Waals surface area contributed by atoms with Crippen LogP contribution in [0.2, 0.25) is 0 Å². The Balaban J connectivity index is 0. The van der Waals surface area contributed by atoms with Gasteiger partial charge >= 0.3 is 6.68 Å². The third-order valence-electron chi connectivity index (χ3n) is 1.06. The molecule has 0 radical (unpaired) electrons. The molecular weight excluding hydrogens is 172 g/mol. The summed E-state index contributed by atoms with van der Waals surface area (Å²) in [6.45, 7) is -1.43. The fraction of sp³-hybridized carbons (Fsp3) is 1.00. The first-order chi connectivity index (χ1) is 5.15. The second-order valence-corrected chi connectivity index (χ2v) is 2.67. The van der Waals surface area contributed by atoms with Crippen molar-refractivity contribution >= 4 is 9.24 Å². The van der Waals surface area contributed by atoms with E-state index >= 15 is 0 Å². The molecule has 4 heteroatoms. The van der Waals surface area contributed by atoms with E-state index in [-0.39, 0.29) is 0 Å². The molecule has 0 aromatic rings. The summed E-state index contributed by atoms with van der Waals surface area (Å²) in [7, 11) is 2.75. The van der Waals surface area contributed by atoms with Gasteiger partial charge in [-0.25, -0.2) is 0 Å². The predicted octanol–water partition coefficient (Wildman–Crippen LogP) is 3.62. The first-order valence-corrected chi connectivity index (χ1v) is 4.59. The number of halogens is 3. The maximum absolute atomic E-state index is 9.67.